The maximum Gasteiger partial charge on any atom is 0.305 e. The van der Waals surface area contributed by atoms with Gasteiger partial charge in [0, 0.05) is 65.4 Å². The van der Waals surface area contributed by atoms with Crippen molar-refractivity contribution in [2.45, 2.75) is 327 Å². The molecule has 16 amide bonds. The second-order valence-electron chi connectivity index (χ2n) is 36.9. The van der Waals surface area contributed by atoms with Crippen molar-refractivity contribution in [3.63, 3.8) is 0 Å². The van der Waals surface area contributed by atoms with Crippen LogP contribution in [0, 0.1) is 5.92 Å². The van der Waals surface area contributed by atoms with Gasteiger partial charge in [-0.1, -0.05) is 13.8 Å². The number of nitrogens with one attached hydrogen (secondary N) is 14. The average molecular weight is 2110 g/mol. The standard InChI is InChI=1S/C86H140N22O39/c1-33(2)55(103-53(117)26-93-70(128)41(87)22-40-24-91-32-95-40)76(134)105-57(37(6)141-83-59(99-39(8)115)69(147-85-67(127)65(125)61(121)49(29-111)143-85)62(122)51(145-83)31-140-82-58(98-38(7)114)63(123)68(50(30-112)144-82)146-84-66(126)64(124)60(120)48(28-110)142-84)78(136)102-44(27-109)72(130)96-34(3)79(137)107-20-12-17-47(107)75(133)101-43(23-54(118)119)71(129)104-56(36(5)113)77(135)100-42(14-10-18-92-86(88)89)81(139)108-21-13-16-46(108)74(132)97-35(4)80(138)106-19-11-15-45(106)73(131)94-25-52(116)90-9/h24,32-37,41-51,55-69,82-85,109-113,120-127H,10-23,25-31,87H2,1-9H3,(H,90,116)(H,91,95)(H,93,128)(H,94,131)(H,96,130)(H,97,132)(H,98,114)(H,99,115)(H,100,135)(H,101,133)(H,102,136)(H,103,117)(H,104,129)(H,105,134)(H,118,119)(H4,88,89,92)/t34?,35?,36?,37?,41?,42?,43?,44?,45?,46?,47?,48-,49-,50-,51-,55?,56?,57?,58?,59?,60-,61-,62-,63?,64?,65?,66?,67?,68-,69?,82+,83+,84-,85-/m1/s1. The number of imidazole rings is 1. The number of aromatic amines is 1. The number of carboxylic acid groups (broad SMARTS) is 1. The largest absolute Gasteiger partial charge is 0.481 e. The average Bonchev–Trinajstić information content (AvgIpc) is 1.53. The molecule has 1 aromatic heterocycles. The Balaban J connectivity index is 1.02. The van der Waals surface area contributed by atoms with E-state index in [1.807, 2.05) is 0 Å². The summed E-state index contributed by atoms with van der Waals surface area (Å²) in [6, 6.07) is -23.8. The molecule has 0 aliphatic carbocycles. The molecule has 61 nitrogen and oxygen atoms in total. The number of carbonyl (C=O) groups is 17. The highest BCUT2D eigenvalue weighted by Crippen LogP contribution is 2.35. The molecular weight excluding hydrogens is 1970 g/mol. The maximum absolute atomic E-state index is 15.3. The Kier molecular flexibility index (Phi) is 46.2. The smallest absolute Gasteiger partial charge is 0.305 e. The molecule has 0 spiro atoms. The van der Waals surface area contributed by atoms with Gasteiger partial charge in [0.25, 0.3) is 0 Å². The molecule has 8 heterocycles. The fraction of sp³-hybridized carbons (Fsp3) is 0.756. The third-order valence-corrected chi connectivity index (χ3v) is 25.5. The zero-order chi connectivity index (χ0) is 109. The molecule has 0 radical (unpaired) electrons. The van der Waals surface area contributed by atoms with Gasteiger partial charge in [-0.05, 0) is 85.0 Å². The summed E-state index contributed by atoms with van der Waals surface area (Å²) in [6.07, 6.45) is -38.2. The number of carboxylic acids is 1. The molecule has 34 N–H and O–H groups in total. The van der Waals surface area contributed by atoms with Crippen molar-refractivity contribution in [2.24, 2.45) is 28.1 Å². The number of amides is 16. The Morgan fingerprint density at radius 1 is 0.510 bits per heavy atom. The molecule has 0 bridgehead atoms. The van der Waals surface area contributed by atoms with Gasteiger partial charge in [0.15, 0.2) is 31.1 Å². The molecule has 8 rings (SSSR count). The van der Waals surface area contributed by atoms with Crippen LogP contribution in [0.1, 0.15) is 119 Å². The summed E-state index contributed by atoms with van der Waals surface area (Å²) < 4.78 is 47.9. The van der Waals surface area contributed by atoms with E-state index >= 15 is 4.79 Å². The number of ether oxygens (including phenoxy) is 8. The van der Waals surface area contributed by atoms with E-state index in [9.17, 15) is 148 Å². The van der Waals surface area contributed by atoms with Gasteiger partial charge < -0.3 is 215 Å². The predicted molar refractivity (Wildman–Crippen MR) is 493 cm³/mol. The van der Waals surface area contributed by atoms with Crippen LogP contribution in [0.2, 0.25) is 0 Å². The first-order valence-corrected chi connectivity index (χ1v) is 47.8. The number of likely N-dealkylation sites (N-methyl/N-ethyl adjacent to an activating group) is 1. The number of H-pyrrole nitrogens is 1. The number of guanidine groups is 1. The number of nitrogens with zero attached hydrogens (tertiary/aromatic N) is 5. The van der Waals surface area contributed by atoms with Crippen LogP contribution in [0.3, 0.4) is 0 Å². The molecule has 34 atom stereocenters. The third-order valence-electron chi connectivity index (χ3n) is 25.5. The maximum atomic E-state index is 15.3. The molecule has 22 unspecified atom stereocenters. The lowest BCUT2D eigenvalue weighted by Gasteiger charge is -2.49. The van der Waals surface area contributed by atoms with Gasteiger partial charge in [-0.15, -0.1) is 0 Å². The highest BCUT2D eigenvalue weighted by atomic mass is 16.8. The lowest BCUT2D eigenvalue weighted by atomic mass is 9.94. The molecule has 7 aliphatic rings. The number of nitrogens with two attached hydrogens (primary N) is 3. The Labute approximate surface area is 840 Å². The van der Waals surface area contributed by atoms with E-state index in [0.717, 1.165) is 44.4 Å². The van der Waals surface area contributed by atoms with Crippen LogP contribution in [0.25, 0.3) is 0 Å². The van der Waals surface area contributed by atoms with E-state index in [0.29, 0.717) is 12.1 Å². The minimum atomic E-state index is -2.29. The van der Waals surface area contributed by atoms with Crippen molar-refractivity contribution in [3.8, 4) is 0 Å². The van der Waals surface area contributed by atoms with Crippen LogP contribution >= 0.6 is 0 Å². The number of carbonyl (C=O) groups excluding carboxylic acids is 16. The molecule has 7 saturated heterocycles. The van der Waals surface area contributed by atoms with Gasteiger partial charge >= 0.3 is 5.97 Å². The summed E-state index contributed by atoms with van der Waals surface area (Å²) in [5.74, 6) is -19.2. The van der Waals surface area contributed by atoms with Crippen molar-refractivity contribution in [2.75, 3.05) is 79.4 Å². The number of aliphatic hydroxyl groups is 13. The van der Waals surface area contributed by atoms with E-state index < -0.39 is 360 Å². The van der Waals surface area contributed by atoms with Gasteiger partial charge in [0.2, 0.25) is 94.5 Å². The zero-order valence-electron chi connectivity index (χ0n) is 82.1. The first-order chi connectivity index (χ1) is 69.4. The number of likely N-dealkylation sites (tertiary alicyclic amines) is 3. The number of hydrogen-bond acceptors (Lipinski definition) is 41. The second-order valence-corrected chi connectivity index (χ2v) is 36.9. The highest BCUT2D eigenvalue weighted by molar-refractivity contribution is 6.01. The van der Waals surface area contributed by atoms with E-state index in [4.69, 9.17) is 55.1 Å². The van der Waals surface area contributed by atoms with Crippen molar-refractivity contribution in [1.29, 1.82) is 0 Å². The molecule has 147 heavy (non-hydrogen) atoms. The Hall–Kier alpha value is -11.4. The lowest BCUT2D eigenvalue weighted by Crippen LogP contribution is -2.70. The van der Waals surface area contributed by atoms with Crippen LogP contribution in [-0.4, -0.2) is 489 Å². The predicted octanol–water partition coefficient (Wildman–Crippen LogP) is -18.3. The van der Waals surface area contributed by atoms with Crippen molar-refractivity contribution < 1.29 is 191 Å². The van der Waals surface area contributed by atoms with Crippen molar-refractivity contribution in [1.82, 2.24) is 93.8 Å². The summed E-state index contributed by atoms with van der Waals surface area (Å²) in [5.41, 5.74) is 17.6. The molecule has 1 aromatic rings. The molecule has 828 valence electrons. The monoisotopic (exact) mass is 2100 g/mol. The quantitative estimate of drug-likeness (QED) is 0.0164. The zero-order valence-corrected chi connectivity index (χ0v) is 82.1. The van der Waals surface area contributed by atoms with Crippen LogP contribution in [0.5, 0.6) is 0 Å². The van der Waals surface area contributed by atoms with E-state index in [2.05, 4.69) is 84.1 Å². The summed E-state index contributed by atoms with van der Waals surface area (Å²) in [6.45, 7) is 2.34. The fourth-order valence-electron chi connectivity index (χ4n) is 17.6. The summed E-state index contributed by atoms with van der Waals surface area (Å²) >= 11 is 0. The van der Waals surface area contributed by atoms with Crippen LogP contribution < -0.4 is 86.3 Å². The van der Waals surface area contributed by atoms with Crippen molar-refractivity contribution in [3.05, 3.63) is 18.2 Å². The Morgan fingerprint density at radius 2 is 1.00 bits per heavy atom. The molecule has 7 fully saturated rings. The Bertz CT molecular complexity index is 4680. The topological polar surface area (TPSA) is 932 Å². The highest BCUT2D eigenvalue weighted by Gasteiger charge is 2.57. The fourth-order valence-corrected chi connectivity index (χ4v) is 17.6. The van der Waals surface area contributed by atoms with Gasteiger partial charge in [0.1, 0.15) is 164 Å². The first-order valence-electron chi connectivity index (χ1n) is 47.8. The van der Waals surface area contributed by atoms with Crippen LogP contribution in [0.15, 0.2) is 17.5 Å². The molecule has 7 aliphatic heterocycles. The van der Waals surface area contributed by atoms with Crippen molar-refractivity contribution >= 4 is 106 Å². The molecule has 0 aromatic carbocycles. The number of aliphatic imine (C=N–C) groups is 1. The summed E-state index contributed by atoms with van der Waals surface area (Å²) in [4.78, 5) is 250. The minimum Gasteiger partial charge on any atom is -0.481 e. The number of aliphatic carboxylic acids is 1. The van der Waals surface area contributed by atoms with Crippen LogP contribution in [0.4, 0.5) is 0 Å². The normalized spacial score (nSPS) is 29.3. The molecular formula is C86H140N22O39. The summed E-state index contributed by atoms with van der Waals surface area (Å²) in [7, 11) is 1.37. The minimum absolute atomic E-state index is 0.0127. The lowest BCUT2D eigenvalue weighted by molar-refractivity contribution is -0.359. The number of rotatable bonds is 50. The van der Waals surface area contributed by atoms with E-state index in [1.54, 1.807) is 0 Å². The summed E-state index contributed by atoms with van der Waals surface area (Å²) in [5, 5.41) is 184. The van der Waals surface area contributed by atoms with Gasteiger partial charge in [-0.25, -0.2) is 4.98 Å². The first kappa shape index (κ1) is 121. The number of aromatic nitrogens is 2. The molecule has 0 saturated carbocycles. The number of aliphatic hydroxyl groups excluding tert-OH is 13. The number of hydrogen-bond donors (Lipinski definition) is 31. The van der Waals surface area contributed by atoms with E-state index in [-0.39, 0.29) is 90.0 Å². The Morgan fingerprint density at radius 3 is 1.52 bits per heavy atom. The molecule has 61 heteroatoms. The van der Waals surface area contributed by atoms with Crippen LogP contribution in [-0.2, 0) is 126 Å². The van der Waals surface area contributed by atoms with Gasteiger partial charge in [-0.2, -0.15) is 0 Å². The SMILES string of the molecule is CNC(=O)CNC(=O)C1CCCN1C(=O)C(C)NC(=O)C1CCCN1C(=O)C(CCCN=C(N)N)NC(=O)C(NC(=O)C(CC(=O)O)NC(=O)C1CCCN1C(=O)C(C)NC(=O)C(CO)NC(=O)C(NC(=O)C(NC(=O)CNC(=O)C(N)Cc1cnc[nH]1)C(C)C)C(C)O[C@H]1O[C@H](CO[C@H]2O[C@H](CO)[C@@H](O[C@H]3O[C@H](CO)[C@@H](O)C(O)C3O)C(O)C2NC(C)=O)[C@@H](O)C(O[C@H]2O[C@H](CO)[C@@H](O)C(O)C2O)C1NC(C)=O)C(C)O. The second kappa shape index (κ2) is 56.3. The van der Waals surface area contributed by atoms with Gasteiger partial charge in [0.05, 0.1) is 77.1 Å². The van der Waals surface area contributed by atoms with E-state index in [1.165, 1.54) is 45.2 Å². The third kappa shape index (κ3) is 32.6. The van der Waals surface area contributed by atoms with Gasteiger partial charge in [-0.3, -0.25) is 86.5 Å².